The van der Waals surface area contributed by atoms with Crippen molar-refractivity contribution in [2.75, 3.05) is 0 Å². The summed E-state index contributed by atoms with van der Waals surface area (Å²) in [7, 11) is 0. The van der Waals surface area contributed by atoms with E-state index in [1.807, 2.05) is 20.8 Å². The average Bonchev–Trinajstić information content (AvgIpc) is 2.45. The molecular weight excluding hydrogens is 198 g/mol. The first kappa shape index (κ1) is 11.0. The molecule has 1 rings (SSSR count). The summed E-state index contributed by atoms with van der Waals surface area (Å²) in [5, 5.41) is 1.77. The van der Waals surface area contributed by atoms with E-state index in [0.29, 0.717) is 12.4 Å². The Morgan fingerprint density at radius 2 is 2.29 bits per heavy atom. The number of hydrogen-bond acceptors (Lipinski definition) is 3. The molecule has 0 unspecified atom stereocenters. The molecule has 0 atom stereocenters. The van der Waals surface area contributed by atoms with Crippen LogP contribution in [-0.2, 0) is 6.54 Å². The van der Waals surface area contributed by atoms with Gasteiger partial charge in [0.05, 0.1) is 18.1 Å². The smallest absolute Gasteiger partial charge is 0.304 e. The molecule has 78 valence electrons. The molecule has 3 N–H and O–H groups in total. The van der Waals surface area contributed by atoms with Gasteiger partial charge in [-0.05, 0) is 0 Å². The number of hydrogen-bond donors (Lipinski definition) is 2. The molecule has 1 heterocycles. The second-order valence-corrected chi connectivity index (χ2v) is 4.97. The molecule has 0 saturated carbocycles. The third kappa shape index (κ3) is 2.99. The Kier molecular flexibility index (Phi) is 3.10. The molecule has 14 heavy (non-hydrogen) atoms. The van der Waals surface area contributed by atoms with E-state index in [0.717, 1.165) is 17.0 Å². The predicted octanol–water partition coefficient (Wildman–Crippen LogP) is 1.34. The van der Waals surface area contributed by atoms with Crippen molar-refractivity contribution in [2.45, 2.75) is 27.3 Å². The molecule has 4 nitrogen and oxygen atoms in total. The molecule has 0 aliphatic rings. The lowest BCUT2D eigenvalue weighted by Crippen LogP contribution is -2.29. The molecule has 0 aliphatic heterocycles. The third-order valence-electron chi connectivity index (χ3n) is 1.76. The summed E-state index contributed by atoms with van der Waals surface area (Å²) in [5.74, 6) is 0.601. The monoisotopic (exact) mass is 213 g/mol. The van der Waals surface area contributed by atoms with Gasteiger partial charge in [-0.2, -0.15) is 0 Å². The van der Waals surface area contributed by atoms with Crippen LogP contribution in [0.1, 0.15) is 26.5 Å². The number of aromatic amines is 1. The summed E-state index contributed by atoms with van der Waals surface area (Å²) < 4.78 is 0. The Bertz CT molecular complexity index is 383. The highest BCUT2D eigenvalue weighted by Crippen LogP contribution is 2.13. The normalized spacial score (nSPS) is 13.2. The highest BCUT2D eigenvalue weighted by Gasteiger charge is 2.14. The zero-order chi connectivity index (χ0) is 10.8. The minimum atomic E-state index is -0.115. The summed E-state index contributed by atoms with van der Waals surface area (Å²) in [4.78, 5) is 17.7. The highest BCUT2D eigenvalue weighted by molar-refractivity contribution is 7.07. The van der Waals surface area contributed by atoms with Crippen LogP contribution in [0.5, 0.6) is 0 Å². The average molecular weight is 213 g/mol. The van der Waals surface area contributed by atoms with Crippen LogP contribution in [0.25, 0.3) is 0 Å². The van der Waals surface area contributed by atoms with Crippen molar-refractivity contribution < 1.29 is 0 Å². The zero-order valence-electron chi connectivity index (χ0n) is 8.63. The van der Waals surface area contributed by atoms with Gasteiger partial charge in [0.1, 0.15) is 0 Å². The minimum absolute atomic E-state index is 0.0514. The maximum absolute atomic E-state index is 10.8. The summed E-state index contributed by atoms with van der Waals surface area (Å²) in [6.07, 6.45) is 0. The summed E-state index contributed by atoms with van der Waals surface area (Å²) in [5.41, 5.74) is 6.46. The fraction of sp³-hybridized carbons (Fsp3) is 0.556. The van der Waals surface area contributed by atoms with Crippen molar-refractivity contribution in [2.24, 2.45) is 16.1 Å². The zero-order valence-corrected chi connectivity index (χ0v) is 9.44. The predicted molar refractivity (Wildman–Crippen MR) is 59.7 cm³/mol. The number of nitrogens with zero attached hydrogens (tertiary/aromatic N) is 1. The first-order valence-corrected chi connectivity index (χ1v) is 5.24. The molecular formula is C9H15N3OS. The lowest BCUT2D eigenvalue weighted by molar-refractivity contribution is 0.581. The van der Waals surface area contributed by atoms with E-state index in [2.05, 4.69) is 9.98 Å². The van der Waals surface area contributed by atoms with E-state index in [1.54, 1.807) is 5.38 Å². The van der Waals surface area contributed by atoms with Crippen LogP contribution in [0.15, 0.2) is 15.2 Å². The van der Waals surface area contributed by atoms with Crippen molar-refractivity contribution in [3.63, 3.8) is 0 Å². The highest BCUT2D eigenvalue weighted by atomic mass is 32.1. The van der Waals surface area contributed by atoms with Gasteiger partial charge < -0.3 is 10.7 Å². The number of thiazole rings is 1. The Morgan fingerprint density at radius 3 is 2.71 bits per heavy atom. The van der Waals surface area contributed by atoms with Crippen LogP contribution in [0.2, 0.25) is 0 Å². The first-order chi connectivity index (χ1) is 6.39. The lowest BCUT2D eigenvalue weighted by Gasteiger charge is -2.16. The van der Waals surface area contributed by atoms with E-state index < -0.39 is 0 Å². The van der Waals surface area contributed by atoms with Crippen molar-refractivity contribution >= 4 is 17.2 Å². The molecule has 5 heteroatoms. The van der Waals surface area contributed by atoms with E-state index in [4.69, 9.17) is 5.73 Å². The van der Waals surface area contributed by atoms with Crippen LogP contribution in [0.4, 0.5) is 0 Å². The largest absolute Gasteiger partial charge is 0.387 e. The van der Waals surface area contributed by atoms with Gasteiger partial charge in [-0.15, -0.1) is 0 Å². The van der Waals surface area contributed by atoms with E-state index in [9.17, 15) is 4.79 Å². The van der Waals surface area contributed by atoms with Crippen LogP contribution in [0.3, 0.4) is 0 Å². The molecule has 0 radical (unpaired) electrons. The maximum atomic E-state index is 10.8. The molecule has 0 amide bonds. The van der Waals surface area contributed by atoms with Gasteiger partial charge in [0.25, 0.3) is 0 Å². The number of H-pyrrole nitrogens is 1. The first-order valence-electron chi connectivity index (χ1n) is 4.36. The topological polar surface area (TPSA) is 71.2 Å². The van der Waals surface area contributed by atoms with Crippen molar-refractivity contribution in [1.29, 1.82) is 0 Å². The van der Waals surface area contributed by atoms with Gasteiger partial charge >= 0.3 is 4.87 Å². The lowest BCUT2D eigenvalue weighted by atomic mass is 9.95. The van der Waals surface area contributed by atoms with Crippen LogP contribution >= 0.6 is 11.3 Å². The van der Waals surface area contributed by atoms with Crippen LogP contribution in [-0.4, -0.2) is 10.8 Å². The molecule has 0 aromatic carbocycles. The Hall–Kier alpha value is -1.10. The number of nitrogens with two attached hydrogens (primary N) is 1. The minimum Gasteiger partial charge on any atom is -0.387 e. The molecule has 0 aliphatic carbocycles. The molecule has 0 spiro atoms. The third-order valence-corrected chi connectivity index (χ3v) is 2.48. The van der Waals surface area contributed by atoms with E-state index in [-0.39, 0.29) is 10.3 Å². The second-order valence-electron chi connectivity index (χ2n) is 4.12. The summed E-state index contributed by atoms with van der Waals surface area (Å²) in [6, 6.07) is 0. The molecule has 0 bridgehead atoms. The van der Waals surface area contributed by atoms with Gasteiger partial charge in [-0.3, -0.25) is 9.79 Å². The molecule has 1 aromatic heterocycles. The quantitative estimate of drug-likeness (QED) is 0.575. The van der Waals surface area contributed by atoms with Crippen LogP contribution in [0, 0.1) is 5.41 Å². The van der Waals surface area contributed by atoms with Crippen molar-refractivity contribution in [3.05, 3.63) is 20.7 Å². The SMILES string of the molecule is CC(C)(C)C(N)=NCc1csc(=O)[nH]1. The van der Waals surface area contributed by atoms with Crippen molar-refractivity contribution in [1.82, 2.24) is 4.98 Å². The van der Waals surface area contributed by atoms with Crippen molar-refractivity contribution in [3.8, 4) is 0 Å². The number of aliphatic imine (C=N–C) groups is 1. The second kappa shape index (κ2) is 3.96. The maximum Gasteiger partial charge on any atom is 0.304 e. The number of nitrogens with one attached hydrogen (secondary N) is 1. The fourth-order valence-corrected chi connectivity index (χ4v) is 1.37. The molecule has 0 fully saturated rings. The standard InChI is InChI=1S/C9H15N3OS/c1-9(2,3)7(10)11-4-6-5-14-8(13)12-6/h5H,4H2,1-3H3,(H2,10,11)(H,12,13). The number of amidine groups is 1. The summed E-state index contributed by atoms with van der Waals surface area (Å²) >= 11 is 1.14. The van der Waals surface area contributed by atoms with Gasteiger partial charge in [-0.1, -0.05) is 32.1 Å². The Morgan fingerprint density at radius 1 is 1.64 bits per heavy atom. The summed E-state index contributed by atoms with van der Waals surface area (Å²) in [6.45, 7) is 6.45. The number of aromatic nitrogens is 1. The van der Waals surface area contributed by atoms with Gasteiger partial charge in [-0.25, -0.2) is 0 Å². The van der Waals surface area contributed by atoms with Crippen LogP contribution < -0.4 is 10.6 Å². The van der Waals surface area contributed by atoms with Gasteiger partial charge in [0.2, 0.25) is 0 Å². The Labute approximate surface area is 86.9 Å². The van der Waals surface area contributed by atoms with Gasteiger partial charge in [0.15, 0.2) is 0 Å². The Balaban J connectivity index is 2.68. The van der Waals surface area contributed by atoms with E-state index in [1.165, 1.54) is 0 Å². The molecule has 1 aromatic rings. The van der Waals surface area contributed by atoms with E-state index >= 15 is 0 Å². The number of rotatable bonds is 2. The fourth-order valence-electron chi connectivity index (χ4n) is 0.799. The molecule has 0 saturated heterocycles. The van der Waals surface area contributed by atoms with Gasteiger partial charge in [0, 0.05) is 10.8 Å².